The van der Waals surface area contributed by atoms with Crippen molar-refractivity contribution in [2.24, 2.45) is 5.92 Å². The molecular formula is C15H20F2N2O2. The third kappa shape index (κ3) is 3.50. The van der Waals surface area contributed by atoms with Gasteiger partial charge in [0.05, 0.1) is 17.9 Å². The highest BCUT2D eigenvalue weighted by molar-refractivity contribution is 5.95. The van der Waals surface area contributed by atoms with Crippen LogP contribution in [0.3, 0.4) is 0 Å². The summed E-state index contributed by atoms with van der Waals surface area (Å²) in [5.41, 5.74) is 4.72. The first-order valence-electron chi connectivity index (χ1n) is 7.00. The van der Waals surface area contributed by atoms with Crippen LogP contribution < -0.4 is 5.73 Å². The number of nitrogens with two attached hydrogens (primary N) is 1. The van der Waals surface area contributed by atoms with Gasteiger partial charge in [-0.25, -0.2) is 8.78 Å². The summed E-state index contributed by atoms with van der Waals surface area (Å²) in [6.45, 7) is 2.60. The van der Waals surface area contributed by atoms with Gasteiger partial charge in [-0.15, -0.1) is 0 Å². The Morgan fingerprint density at radius 3 is 2.71 bits per heavy atom. The lowest BCUT2D eigenvalue weighted by atomic mass is 10.1. The fourth-order valence-corrected chi connectivity index (χ4v) is 2.43. The molecule has 1 amide bonds. The van der Waals surface area contributed by atoms with E-state index in [0.717, 1.165) is 25.0 Å². The number of ether oxygens (including phenoxy) is 1. The van der Waals surface area contributed by atoms with Crippen molar-refractivity contribution in [1.29, 1.82) is 0 Å². The van der Waals surface area contributed by atoms with Gasteiger partial charge in [-0.3, -0.25) is 4.79 Å². The van der Waals surface area contributed by atoms with E-state index in [0.29, 0.717) is 19.1 Å². The topological polar surface area (TPSA) is 55.6 Å². The fraction of sp³-hybridized carbons (Fsp3) is 0.533. The molecule has 2 N–H and O–H groups in total. The lowest BCUT2D eigenvalue weighted by molar-refractivity contribution is 0.0589. The largest absolute Gasteiger partial charge is 0.396 e. The van der Waals surface area contributed by atoms with Crippen LogP contribution in [0.15, 0.2) is 12.1 Å². The number of benzene rings is 1. The Balaban J connectivity index is 2.28. The fourth-order valence-electron chi connectivity index (χ4n) is 2.43. The number of hydrogen-bond donors (Lipinski definition) is 1. The third-order valence-electron chi connectivity index (χ3n) is 3.89. The van der Waals surface area contributed by atoms with Crippen molar-refractivity contribution in [2.75, 3.05) is 26.0 Å². The Kier molecular flexibility index (Phi) is 4.77. The minimum absolute atomic E-state index is 0.0310. The molecule has 2 rings (SSSR count). The highest BCUT2D eigenvalue weighted by Crippen LogP contribution is 2.35. The summed E-state index contributed by atoms with van der Waals surface area (Å²) in [7, 11) is 1.53. The van der Waals surface area contributed by atoms with Crippen LogP contribution in [-0.2, 0) is 4.74 Å². The second kappa shape index (κ2) is 6.39. The van der Waals surface area contributed by atoms with Crippen LogP contribution in [0.5, 0.6) is 0 Å². The predicted molar refractivity (Wildman–Crippen MR) is 75.9 cm³/mol. The number of nitrogen functional groups attached to an aromatic ring is 1. The number of rotatable bonds is 6. The molecule has 1 saturated carbocycles. The number of nitrogens with zero attached hydrogens (tertiary/aromatic N) is 1. The molecule has 1 aliphatic rings. The summed E-state index contributed by atoms with van der Waals surface area (Å²) in [6, 6.07) is 1.74. The zero-order chi connectivity index (χ0) is 15.6. The van der Waals surface area contributed by atoms with Crippen molar-refractivity contribution < 1.29 is 18.3 Å². The van der Waals surface area contributed by atoms with Gasteiger partial charge < -0.3 is 15.4 Å². The van der Waals surface area contributed by atoms with Crippen LogP contribution in [0.2, 0.25) is 0 Å². The van der Waals surface area contributed by atoms with E-state index in [1.54, 1.807) is 4.90 Å². The molecule has 0 radical (unpaired) electrons. The van der Waals surface area contributed by atoms with Crippen molar-refractivity contribution in [2.45, 2.75) is 25.8 Å². The van der Waals surface area contributed by atoms with Crippen LogP contribution in [-0.4, -0.2) is 37.1 Å². The lowest BCUT2D eigenvalue weighted by Gasteiger charge is -2.29. The van der Waals surface area contributed by atoms with Gasteiger partial charge in [0, 0.05) is 19.7 Å². The molecular weight excluding hydrogens is 278 g/mol. The van der Waals surface area contributed by atoms with Crippen molar-refractivity contribution in [3.05, 3.63) is 29.3 Å². The Morgan fingerprint density at radius 1 is 1.48 bits per heavy atom. The summed E-state index contributed by atoms with van der Waals surface area (Å²) in [6.07, 6.45) is 2.09. The zero-order valence-electron chi connectivity index (χ0n) is 12.2. The van der Waals surface area contributed by atoms with E-state index in [2.05, 4.69) is 0 Å². The summed E-state index contributed by atoms with van der Waals surface area (Å²) >= 11 is 0. The normalized spacial score (nSPS) is 15.8. The second-order valence-corrected chi connectivity index (χ2v) is 5.43. The number of hydrogen-bond acceptors (Lipinski definition) is 3. The van der Waals surface area contributed by atoms with Crippen LogP contribution in [0, 0.1) is 17.6 Å². The average Bonchev–Trinajstić information content (AvgIpc) is 3.27. The number of carbonyl (C=O) groups is 1. The number of carbonyl (C=O) groups excluding carboxylic acids is 1. The van der Waals surface area contributed by atoms with Crippen molar-refractivity contribution in [3.8, 4) is 0 Å². The van der Waals surface area contributed by atoms with Gasteiger partial charge in [0.1, 0.15) is 5.82 Å². The molecule has 1 aromatic rings. The predicted octanol–water partition coefficient (Wildman–Crippen LogP) is 2.43. The first-order valence-corrected chi connectivity index (χ1v) is 7.00. The highest BCUT2D eigenvalue weighted by Gasteiger charge is 2.35. The van der Waals surface area contributed by atoms with Crippen molar-refractivity contribution in [3.63, 3.8) is 0 Å². The van der Waals surface area contributed by atoms with E-state index < -0.39 is 17.5 Å². The van der Waals surface area contributed by atoms with Gasteiger partial charge >= 0.3 is 0 Å². The molecule has 1 aliphatic carbocycles. The molecule has 1 fully saturated rings. The molecule has 0 aromatic heterocycles. The first-order chi connectivity index (χ1) is 9.95. The molecule has 0 aliphatic heterocycles. The lowest BCUT2D eigenvalue weighted by Crippen LogP contribution is -2.42. The van der Waals surface area contributed by atoms with E-state index in [4.69, 9.17) is 10.5 Å². The molecule has 0 saturated heterocycles. The maximum Gasteiger partial charge on any atom is 0.257 e. The van der Waals surface area contributed by atoms with Gasteiger partial charge in [-0.05, 0) is 37.8 Å². The van der Waals surface area contributed by atoms with Crippen LogP contribution in [0.1, 0.15) is 30.1 Å². The molecule has 116 valence electrons. The van der Waals surface area contributed by atoms with Crippen LogP contribution >= 0.6 is 0 Å². The first kappa shape index (κ1) is 15.7. The maximum absolute atomic E-state index is 14.0. The highest BCUT2D eigenvalue weighted by atomic mass is 19.1. The standard InChI is InChI=1S/C15H20F2N2O2/c1-9(10-3-4-10)19(5-6-21-2)15(20)12-7-11(16)8-13(18)14(12)17/h7-10H,3-6,18H2,1-2H3. The summed E-state index contributed by atoms with van der Waals surface area (Å²) in [5.74, 6) is -1.72. The molecule has 1 unspecified atom stereocenters. The van der Waals surface area contributed by atoms with Gasteiger partial charge in [0.25, 0.3) is 5.91 Å². The molecule has 1 atom stereocenters. The van der Waals surface area contributed by atoms with E-state index in [1.807, 2.05) is 6.92 Å². The van der Waals surface area contributed by atoms with Gasteiger partial charge in [0.15, 0.2) is 5.82 Å². The van der Waals surface area contributed by atoms with E-state index in [9.17, 15) is 13.6 Å². The van der Waals surface area contributed by atoms with Gasteiger partial charge in [-0.1, -0.05) is 0 Å². The zero-order valence-corrected chi connectivity index (χ0v) is 12.2. The molecule has 0 bridgehead atoms. The second-order valence-electron chi connectivity index (χ2n) is 5.43. The van der Waals surface area contributed by atoms with Crippen molar-refractivity contribution in [1.82, 2.24) is 4.90 Å². The van der Waals surface area contributed by atoms with Crippen LogP contribution in [0.25, 0.3) is 0 Å². The Morgan fingerprint density at radius 2 is 2.14 bits per heavy atom. The Hall–Kier alpha value is -1.69. The molecule has 0 heterocycles. The summed E-state index contributed by atoms with van der Waals surface area (Å²) in [5, 5.41) is 0. The number of methoxy groups -OCH3 is 1. The van der Waals surface area contributed by atoms with Gasteiger partial charge in [0.2, 0.25) is 0 Å². The summed E-state index contributed by atoms with van der Waals surface area (Å²) in [4.78, 5) is 14.1. The number of anilines is 1. The molecule has 21 heavy (non-hydrogen) atoms. The quantitative estimate of drug-likeness (QED) is 0.821. The van der Waals surface area contributed by atoms with Gasteiger partial charge in [-0.2, -0.15) is 0 Å². The minimum atomic E-state index is -0.869. The summed E-state index contributed by atoms with van der Waals surface area (Å²) < 4.78 is 32.4. The number of halogens is 2. The Bertz CT molecular complexity index is 533. The van der Waals surface area contributed by atoms with E-state index in [1.165, 1.54) is 7.11 Å². The van der Waals surface area contributed by atoms with Crippen molar-refractivity contribution >= 4 is 11.6 Å². The Labute approximate surface area is 122 Å². The average molecular weight is 298 g/mol. The van der Waals surface area contributed by atoms with Crippen LogP contribution in [0.4, 0.5) is 14.5 Å². The molecule has 1 aromatic carbocycles. The van der Waals surface area contributed by atoms with E-state index >= 15 is 0 Å². The van der Waals surface area contributed by atoms with E-state index in [-0.39, 0.29) is 17.3 Å². The number of amides is 1. The SMILES string of the molecule is COCCN(C(=O)c1cc(F)cc(N)c1F)C(C)C1CC1. The maximum atomic E-state index is 14.0. The third-order valence-corrected chi connectivity index (χ3v) is 3.89. The molecule has 4 nitrogen and oxygen atoms in total. The smallest absolute Gasteiger partial charge is 0.257 e. The molecule has 0 spiro atoms. The monoisotopic (exact) mass is 298 g/mol. The minimum Gasteiger partial charge on any atom is -0.396 e. The molecule has 6 heteroatoms.